The molecule has 2 aromatic rings. The van der Waals surface area contributed by atoms with Crippen LogP contribution in [0.2, 0.25) is 0 Å². The number of ether oxygens (including phenoxy) is 1. The van der Waals surface area contributed by atoms with Crippen molar-refractivity contribution in [2.24, 2.45) is 0 Å². The van der Waals surface area contributed by atoms with Gasteiger partial charge in [0.15, 0.2) is 5.75 Å². The first-order valence-corrected chi connectivity index (χ1v) is 14.9. The molecule has 1 aromatic heterocycles. The third-order valence-electron chi connectivity index (χ3n) is 6.52. The van der Waals surface area contributed by atoms with E-state index in [1.807, 2.05) is 41.1 Å². The number of para-hydroxylation sites is 1. The van der Waals surface area contributed by atoms with E-state index in [0.717, 1.165) is 17.8 Å². The van der Waals surface area contributed by atoms with Gasteiger partial charge in [-0.25, -0.2) is 0 Å². The highest BCUT2D eigenvalue weighted by Gasteiger charge is 2.08. The maximum Gasteiger partial charge on any atom is 0.223 e. The molecule has 1 aromatic carbocycles. The van der Waals surface area contributed by atoms with Crippen LogP contribution >= 0.6 is 15.9 Å². The summed E-state index contributed by atoms with van der Waals surface area (Å²) in [5, 5.41) is 0.622. The van der Waals surface area contributed by atoms with Gasteiger partial charge in [0.05, 0.1) is 12.8 Å². The summed E-state index contributed by atoms with van der Waals surface area (Å²) in [6.07, 6.45) is 23.5. The van der Waals surface area contributed by atoms with Crippen molar-refractivity contribution in [3.05, 3.63) is 58.5 Å². The fraction of sp³-hybridized carbons (Fsp3) is 0.633. The number of unbranched alkanes of at least 4 members (excludes halogenated alkanes) is 15. The highest BCUT2D eigenvalue weighted by molar-refractivity contribution is 9.08. The molecule has 0 amide bonds. The summed E-state index contributed by atoms with van der Waals surface area (Å²) in [6.45, 7) is 2.89. The first-order valence-electron chi connectivity index (χ1n) is 13.8. The van der Waals surface area contributed by atoms with Gasteiger partial charge < -0.3 is 9.30 Å². The molecule has 2 rings (SSSR count). The van der Waals surface area contributed by atoms with Crippen LogP contribution in [0.5, 0.6) is 5.75 Å². The number of hydrogen-bond acceptors (Lipinski definition) is 2. The van der Waals surface area contributed by atoms with Crippen molar-refractivity contribution in [2.75, 3.05) is 6.61 Å². The van der Waals surface area contributed by atoms with Gasteiger partial charge in [0.1, 0.15) is 0 Å². The molecule has 0 aliphatic carbocycles. The second kappa shape index (κ2) is 18.7. The molecule has 34 heavy (non-hydrogen) atoms. The van der Waals surface area contributed by atoms with Crippen molar-refractivity contribution in [2.45, 2.75) is 115 Å². The summed E-state index contributed by atoms with van der Waals surface area (Å²) in [5.74, 6) is 0.439. The van der Waals surface area contributed by atoms with Crippen molar-refractivity contribution in [1.82, 2.24) is 4.57 Å². The van der Waals surface area contributed by atoms with Gasteiger partial charge in [0.2, 0.25) is 5.43 Å². The van der Waals surface area contributed by atoms with Crippen LogP contribution in [0.25, 0.3) is 5.69 Å². The van der Waals surface area contributed by atoms with E-state index in [2.05, 4.69) is 22.9 Å². The van der Waals surface area contributed by atoms with E-state index in [1.54, 1.807) is 6.07 Å². The number of alkyl halides is 1. The largest absolute Gasteiger partial charge is 0.488 e. The zero-order valence-electron chi connectivity index (χ0n) is 21.4. The summed E-state index contributed by atoms with van der Waals surface area (Å²) >= 11 is 3.49. The smallest absolute Gasteiger partial charge is 0.223 e. The topological polar surface area (TPSA) is 31.2 Å². The molecule has 0 bridgehead atoms. The Hall–Kier alpha value is -1.55. The van der Waals surface area contributed by atoms with E-state index in [0.29, 0.717) is 17.7 Å². The maximum absolute atomic E-state index is 12.4. The SMILES string of the molecule is CCCCCCCCCCCCCCCCCCOc1cn(-c2ccccc2)c(CBr)cc1=O. The van der Waals surface area contributed by atoms with Gasteiger partial charge >= 0.3 is 0 Å². The van der Waals surface area contributed by atoms with E-state index < -0.39 is 0 Å². The summed E-state index contributed by atoms with van der Waals surface area (Å²) < 4.78 is 7.90. The van der Waals surface area contributed by atoms with Crippen LogP contribution in [0.3, 0.4) is 0 Å². The van der Waals surface area contributed by atoms with Crippen LogP contribution in [-0.2, 0) is 5.33 Å². The van der Waals surface area contributed by atoms with Gasteiger partial charge in [-0.2, -0.15) is 0 Å². The second-order valence-electron chi connectivity index (χ2n) is 9.48. The van der Waals surface area contributed by atoms with Crippen molar-refractivity contribution >= 4 is 15.9 Å². The molecule has 3 nitrogen and oxygen atoms in total. The number of benzene rings is 1. The molecule has 4 heteroatoms. The molecule has 0 fully saturated rings. The minimum atomic E-state index is -0.0434. The highest BCUT2D eigenvalue weighted by atomic mass is 79.9. The van der Waals surface area contributed by atoms with Gasteiger partial charge in [-0.1, -0.05) is 137 Å². The molecule has 0 unspecified atom stereocenters. The molecule has 0 saturated heterocycles. The van der Waals surface area contributed by atoms with E-state index in [4.69, 9.17) is 4.74 Å². The number of hydrogen-bond donors (Lipinski definition) is 0. The van der Waals surface area contributed by atoms with Gasteiger partial charge in [-0.15, -0.1) is 0 Å². The first kappa shape index (κ1) is 28.7. The van der Waals surface area contributed by atoms with Gasteiger partial charge in [-0.05, 0) is 18.6 Å². The van der Waals surface area contributed by atoms with Crippen LogP contribution < -0.4 is 10.2 Å². The van der Waals surface area contributed by atoms with Crippen LogP contribution in [0.15, 0.2) is 47.4 Å². The molecule has 0 saturated carbocycles. The monoisotopic (exact) mass is 531 g/mol. The normalized spacial score (nSPS) is 11.1. The van der Waals surface area contributed by atoms with Crippen LogP contribution in [0, 0.1) is 0 Å². The van der Waals surface area contributed by atoms with Gasteiger partial charge in [0, 0.05) is 22.8 Å². The van der Waals surface area contributed by atoms with Crippen molar-refractivity contribution in [1.29, 1.82) is 0 Å². The summed E-state index contributed by atoms with van der Waals surface area (Å²) in [6, 6.07) is 11.7. The molecule has 190 valence electrons. The average Bonchev–Trinajstić information content (AvgIpc) is 2.87. The Balaban J connectivity index is 1.51. The molecule has 0 radical (unpaired) electrons. The lowest BCUT2D eigenvalue weighted by Crippen LogP contribution is -2.14. The third kappa shape index (κ3) is 11.7. The molecule has 0 spiro atoms. The molecule has 0 N–H and O–H groups in total. The number of nitrogens with zero attached hydrogens (tertiary/aromatic N) is 1. The Kier molecular flexibility index (Phi) is 15.8. The number of rotatable bonds is 20. The minimum absolute atomic E-state index is 0.0434. The van der Waals surface area contributed by atoms with E-state index in [9.17, 15) is 4.79 Å². The van der Waals surface area contributed by atoms with Crippen molar-refractivity contribution in [3.8, 4) is 11.4 Å². The number of pyridine rings is 1. The van der Waals surface area contributed by atoms with Crippen molar-refractivity contribution in [3.63, 3.8) is 0 Å². The fourth-order valence-corrected chi connectivity index (χ4v) is 4.86. The second-order valence-corrected chi connectivity index (χ2v) is 10.0. The molecular formula is C30H46BrNO2. The Labute approximate surface area is 216 Å². The predicted octanol–water partition coefficient (Wildman–Crippen LogP) is 9.37. The van der Waals surface area contributed by atoms with Crippen LogP contribution in [0.1, 0.15) is 115 Å². The zero-order chi connectivity index (χ0) is 24.3. The fourth-order valence-electron chi connectivity index (χ4n) is 4.43. The molecular weight excluding hydrogens is 486 g/mol. The van der Waals surface area contributed by atoms with Crippen molar-refractivity contribution < 1.29 is 4.74 Å². The minimum Gasteiger partial charge on any atom is -0.488 e. The Morgan fingerprint density at radius 3 is 1.74 bits per heavy atom. The zero-order valence-corrected chi connectivity index (χ0v) is 23.0. The summed E-state index contributed by atoms with van der Waals surface area (Å²) in [7, 11) is 0. The lowest BCUT2D eigenvalue weighted by molar-refractivity contribution is 0.299. The van der Waals surface area contributed by atoms with Crippen LogP contribution in [0.4, 0.5) is 0 Å². The third-order valence-corrected chi connectivity index (χ3v) is 7.10. The molecule has 1 heterocycles. The van der Waals surface area contributed by atoms with Gasteiger partial charge in [-0.3, -0.25) is 4.79 Å². The van der Waals surface area contributed by atoms with Gasteiger partial charge in [0.25, 0.3) is 0 Å². The molecule has 0 aliphatic heterocycles. The number of aromatic nitrogens is 1. The number of halogens is 1. The highest BCUT2D eigenvalue weighted by Crippen LogP contribution is 2.17. The predicted molar refractivity (Wildman–Crippen MR) is 150 cm³/mol. The lowest BCUT2D eigenvalue weighted by Gasteiger charge is -2.14. The quantitative estimate of drug-likeness (QED) is 0.126. The summed E-state index contributed by atoms with van der Waals surface area (Å²) in [4.78, 5) is 12.4. The molecule has 0 aliphatic rings. The maximum atomic E-state index is 12.4. The Bertz CT molecular complexity index is 818. The van der Waals surface area contributed by atoms with E-state index in [1.165, 1.54) is 96.3 Å². The first-order chi connectivity index (χ1) is 16.8. The van der Waals surface area contributed by atoms with E-state index in [-0.39, 0.29) is 5.43 Å². The Morgan fingerprint density at radius 1 is 0.735 bits per heavy atom. The average molecular weight is 533 g/mol. The van der Waals surface area contributed by atoms with E-state index >= 15 is 0 Å². The lowest BCUT2D eigenvalue weighted by atomic mass is 10.0. The standard InChI is InChI=1S/C30H46BrNO2/c1-2-3-4-5-6-7-8-9-10-11-12-13-14-15-16-20-23-34-30-26-32(27-21-18-17-19-22-27)28(25-31)24-29(30)33/h17-19,21-22,24,26H,2-16,20,23,25H2,1H3. The Morgan fingerprint density at radius 2 is 1.24 bits per heavy atom. The summed E-state index contributed by atoms with van der Waals surface area (Å²) in [5.41, 5.74) is 1.91. The van der Waals surface area contributed by atoms with Crippen LogP contribution in [-0.4, -0.2) is 11.2 Å². The molecule has 0 atom stereocenters.